The molecule has 1 aliphatic rings. The van der Waals surface area contributed by atoms with E-state index in [2.05, 4.69) is 0 Å². The molecule has 3 amide bonds. The van der Waals surface area contributed by atoms with Crippen LogP contribution in [0, 0.1) is 5.92 Å². The first-order chi connectivity index (χ1) is 17.6. The highest BCUT2D eigenvalue weighted by Crippen LogP contribution is 2.33. The maximum absolute atomic E-state index is 14.1. The summed E-state index contributed by atoms with van der Waals surface area (Å²) in [4.78, 5) is 65.8. The Morgan fingerprint density at radius 1 is 1.00 bits per heavy atom. The monoisotopic (exact) mass is 507 g/mol. The maximum Gasteiger partial charge on any atom is 0.414 e. The lowest BCUT2D eigenvalue weighted by Gasteiger charge is -2.46. The van der Waals surface area contributed by atoms with E-state index in [1.165, 1.54) is 13.3 Å². The van der Waals surface area contributed by atoms with Gasteiger partial charge < -0.3 is 9.84 Å². The first-order valence-corrected chi connectivity index (χ1v) is 11.7. The van der Waals surface area contributed by atoms with Crippen molar-refractivity contribution in [3.63, 3.8) is 0 Å². The molecule has 0 radical (unpaired) electrons. The molecule has 10 heteroatoms. The van der Waals surface area contributed by atoms with E-state index in [9.17, 15) is 29.1 Å². The van der Waals surface area contributed by atoms with Gasteiger partial charge in [-0.1, -0.05) is 74.5 Å². The number of Topliss-reactive ketones (excluding diaryl/α,β-unsaturated/α-hetero) is 1. The number of benzene rings is 2. The van der Waals surface area contributed by atoms with Crippen molar-refractivity contribution >= 4 is 35.4 Å². The Hall–Kier alpha value is -4.47. The topological polar surface area (TPSA) is 125 Å². The van der Waals surface area contributed by atoms with E-state index in [1.54, 1.807) is 74.5 Å². The Kier molecular flexibility index (Phi) is 8.44. The molecule has 1 aliphatic heterocycles. The van der Waals surface area contributed by atoms with Crippen LogP contribution in [0.25, 0.3) is 5.70 Å². The normalized spacial score (nSPS) is 16.2. The van der Waals surface area contributed by atoms with Gasteiger partial charge in [0.2, 0.25) is 5.91 Å². The van der Waals surface area contributed by atoms with Crippen LogP contribution in [0.4, 0.5) is 4.79 Å². The van der Waals surface area contributed by atoms with Crippen LogP contribution >= 0.6 is 0 Å². The Balaban J connectivity index is 2.27. The number of aliphatic carboxylic acids is 1. The highest BCUT2D eigenvalue weighted by Gasteiger charge is 2.47. The van der Waals surface area contributed by atoms with E-state index in [0.717, 1.165) is 21.8 Å². The van der Waals surface area contributed by atoms with Crippen LogP contribution in [-0.2, 0) is 30.3 Å². The highest BCUT2D eigenvalue weighted by atomic mass is 16.5. The molecular formula is C27H29N3O7. The summed E-state index contributed by atoms with van der Waals surface area (Å²) in [6.07, 6.45) is 0.454. The predicted octanol–water partition coefficient (Wildman–Crippen LogP) is 2.95. The van der Waals surface area contributed by atoms with E-state index in [4.69, 9.17) is 4.74 Å². The SMILES string of the molecule is COC(=O)N1C=C(c2ccccc2)N(N(C(C)=O)[C@@H](Cc2ccccc2)C(=O)C(=O)O)C(=O)C1C(C)C. The van der Waals surface area contributed by atoms with E-state index in [1.807, 2.05) is 0 Å². The first-order valence-electron chi connectivity index (χ1n) is 11.7. The average molecular weight is 508 g/mol. The number of hydrogen-bond donors (Lipinski definition) is 1. The van der Waals surface area contributed by atoms with Gasteiger partial charge in [-0.3, -0.25) is 19.3 Å². The molecule has 0 spiro atoms. The van der Waals surface area contributed by atoms with Crippen LogP contribution < -0.4 is 0 Å². The van der Waals surface area contributed by atoms with Gasteiger partial charge in [-0.25, -0.2) is 19.6 Å². The zero-order valence-corrected chi connectivity index (χ0v) is 21.0. The molecule has 1 N–H and O–H groups in total. The average Bonchev–Trinajstić information content (AvgIpc) is 2.88. The molecule has 1 unspecified atom stereocenters. The lowest BCUT2D eigenvalue weighted by molar-refractivity contribution is -0.169. The number of hydrogen-bond acceptors (Lipinski definition) is 6. The van der Waals surface area contributed by atoms with Crippen LogP contribution in [0.2, 0.25) is 0 Å². The molecule has 0 bridgehead atoms. The maximum atomic E-state index is 14.1. The molecule has 0 saturated heterocycles. The van der Waals surface area contributed by atoms with Crippen LogP contribution in [-0.4, -0.2) is 68.9 Å². The van der Waals surface area contributed by atoms with Crippen molar-refractivity contribution in [1.82, 2.24) is 14.9 Å². The number of carbonyl (C=O) groups excluding carboxylic acids is 4. The largest absolute Gasteiger partial charge is 0.475 e. The molecule has 2 aromatic carbocycles. The third-order valence-electron chi connectivity index (χ3n) is 5.96. The zero-order valence-electron chi connectivity index (χ0n) is 21.0. The highest BCUT2D eigenvalue weighted by molar-refractivity contribution is 6.35. The molecule has 2 atom stereocenters. The number of ether oxygens (including phenoxy) is 1. The quantitative estimate of drug-likeness (QED) is 0.545. The second-order valence-corrected chi connectivity index (χ2v) is 8.84. The first kappa shape index (κ1) is 27.1. The lowest BCUT2D eigenvalue weighted by atomic mass is 9.97. The molecule has 0 aliphatic carbocycles. The number of amides is 3. The number of carbonyl (C=O) groups is 5. The minimum Gasteiger partial charge on any atom is -0.475 e. The van der Waals surface area contributed by atoms with Crippen molar-refractivity contribution < 1.29 is 33.8 Å². The smallest absolute Gasteiger partial charge is 0.414 e. The van der Waals surface area contributed by atoms with Gasteiger partial charge in [0.25, 0.3) is 11.7 Å². The van der Waals surface area contributed by atoms with E-state index >= 15 is 0 Å². The van der Waals surface area contributed by atoms with Gasteiger partial charge in [0.05, 0.1) is 12.8 Å². The van der Waals surface area contributed by atoms with Crippen LogP contribution in [0.1, 0.15) is 31.9 Å². The summed E-state index contributed by atoms with van der Waals surface area (Å²) in [5.41, 5.74) is 1.17. The van der Waals surface area contributed by atoms with E-state index in [-0.39, 0.29) is 12.1 Å². The number of rotatable bonds is 8. The fraction of sp³-hybridized carbons (Fsp3) is 0.296. The third-order valence-corrected chi connectivity index (χ3v) is 5.96. The van der Waals surface area contributed by atoms with Gasteiger partial charge in [0.15, 0.2) is 0 Å². The van der Waals surface area contributed by atoms with Crippen LogP contribution in [0.3, 0.4) is 0 Å². The lowest BCUT2D eigenvalue weighted by Crippen LogP contribution is -2.64. The van der Waals surface area contributed by atoms with Crippen molar-refractivity contribution in [2.24, 2.45) is 5.92 Å². The molecule has 3 rings (SSSR count). The number of carboxylic acid groups (broad SMARTS) is 1. The van der Waals surface area contributed by atoms with E-state index in [0.29, 0.717) is 11.1 Å². The zero-order chi connectivity index (χ0) is 27.3. The van der Waals surface area contributed by atoms with Gasteiger partial charge in [0.1, 0.15) is 12.1 Å². The Morgan fingerprint density at radius 3 is 2.05 bits per heavy atom. The summed E-state index contributed by atoms with van der Waals surface area (Å²) in [5.74, 6) is -4.82. The van der Waals surface area contributed by atoms with Crippen LogP contribution in [0.15, 0.2) is 66.9 Å². The minimum atomic E-state index is -1.74. The predicted molar refractivity (Wildman–Crippen MR) is 133 cm³/mol. The number of hydrazine groups is 1. The number of nitrogens with zero attached hydrogens (tertiary/aromatic N) is 3. The second kappa shape index (κ2) is 11.5. The van der Waals surface area contributed by atoms with Gasteiger partial charge in [-0.15, -0.1) is 0 Å². The van der Waals surface area contributed by atoms with Gasteiger partial charge in [-0.2, -0.15) is 0 Å². The Labute approximate surface area is 214 Å². The van der Waals surface area contributed by atoms with E-state index < -0.39 is 47.7 Å². The molecule has 37 heavy (non-hydrogen) atoms. The number of methoxy groups -OCH3 is 1. The summed E-state index contributed by atoms with van der Waals surface area (Å²) < 4.78 is 4.90. The Morgan fingerprint density at radius 2 is 1.57 bits per heavy atom. The minimum absolute atomic E-state index is 0.111. The number of carboxylic acids is 1. The summed E-state index contributed by atoms with van der Waals surface area (Å²) in [6, 6.07) is 14.5. The van der Waals surface area contributed by atoms with Crippen molar-refractivity contribution in [3.8, 4) is 0 Å². The molecule has 0 aromatic heterocycles. The van der Waals surface area contributed by atoms with Crippen molar-refractivity contribution in [2.45, 2.75) is 39.3 Å². The molecule has 2 aromatic rings. The van der Waals surface area contributed by atoms with Crippen molar-refractivity contribution in [2.75, 3.05) is 7.11 Å². The second-order valence-electron chi connectivity index (χ2n) is 8.84. The summed E-state index contributed by atoms with van der Waals surface area (Å²) >= 11 is 0. The molecule has 10 nitrogen and oxygen atoms in total. The van der Waals surface area contributed by atoms with Gasteiger partial charge >= 0.3 is 12.1 Å². The molecule has 0 saturated carbocycles. The van der Waals surface area contributed by atoms with Gasteiger partial charge in [-0.05, 0) is 11.5 Å². The fourth-order valence-electron chi connectivity index (χ4n) is 4.31. The van der Waals surface area contributed by atoms with Gasteiger partial charge in [0, 0.05) is 25.1 Å². The standard InChI is InChI=1S/C27H29N3O7/c1-17(2)23-25(33)30(22(16-28(23)27(36)37-4)20-13-9-6-10-14-20)29(18(3)31)21(24(32)26(34)35)15-19-11-7-5-8-12-19/h5-14,16-17,21,23H,15H2,1-4H3,(H,34,35)/t21-,23?/m0/s1. The summed E-state index contributed by atoms with van der Waals surface area (Å²) in [7, 11) is 1.19. The molecule has 194 valence electrons. The number of ketones is 1. The summed E-state index contributed by atoms with van der Waals surface area (Å²) in [5, 5.41) is 11.5. The molecule has 0 fully saturated rings. The summed E-state index contributed by atoms with van der Waals surface area (Å²) in [6.45, 7) is 4.60. The van der Waals surface area contributed by atoms with Crippen molar-refractivity contribution in [3.05, 3.63) is 78.0 Å². The Bertz CT molecular complexity index is 1210. The van der Waals surface area contributed by atoms with Crippen LogP contribution in [0.5, 0.6) is 0 Å². The fourth-order valence-corrected chi connectivity index (χ4v) is 4.31. The molecular weight excluding hydrogens is 478 g/mol. The molecule has 1 heterocycles. The third kappa shape index (κ3) is 5.69. The van der Waals surface area contributed by atoms with Crippen molar-refractivity contribution in [1.29, 1.82) is 0 Å².